The molecule has 3 atom stereocenters. The van der Waals surface area contributed by atoms with Crippen LogP contribution in [0.3, 0.4) is 0 Å². The smallest absolute Gasteiger partial charge is 0.362 e. The molecular weight excluding hydrogens is 422 g/mol. The number of allylic oxidation sites excluding steroid dienone is 2. The number of carbonyl (C=O) groups excluding carboxylic acids is 1. The molecule has 0 aliphatic rings. The Morgan fingerprint density at radius 2 is 1.12 bits per heavy atom. The molecule has 0 heterocycles. The van der Waals surface area contributed by atoms with Crippen LogP contribution in [0.2, 0.25) is 0 Å². The number of carbonyl (C=O) groups is 3. The highest BCUT2D eigenvalue weighted by atomic mass is 16.4. The largest absolute Gasteiger partial charge is 0.544 e. The van der Waals surface area contributed by atoms with Gasteiger partial charge in [0.2, 0.25) is 0 Å². The van der Waals surface area contributed by atoms with E-state index in [1.807, 2.05) is 0 Å². The lowest BCUT2D eigenvalue weighted by Gasteiger charge is -2.51. The number of quaternary nitrogens is 1. The molecule has 0 amide bonds. The molecule has 0 spiro atoms. The molecule has 0 bridgehead atoms. The molecule has 3 unspecified atom stereocenters. The molecule has 0 aliphatic heterocycles. The van der Waals surface area contributed by atoms with Crippen molar-refractivity contribution in [2.45, 2.75) is 129 Å². The van der Waals surface area contributed by atoms with Gasteiger partial charge in [-0.2, -0.15) is 0 Å². The first-order valence-electron chi connectivity index (χ1n) is 12.9. The van der Waals surface area contributed by atoms with Crippen molar-refractivity contribution in [3.05, 3.63) is 12.2 Å². The average Bonchev–Trinajstić information content (AvgIpc) is 2.75. The first-order valence-corrected chi connectivity index (χ1v) is 12.9. The van der Waals surface area contributed by atoms with E-state index in [9.17, 15) is 29.7 Å². The highest BCUT2D eigenvalue weighted by Crippen LogP contribution is 2.32. The van der Waals surface area contributed by atoms with Crippen LogP contribution in [-0.2, 0) is 14.4 Å². The van der Waals surface area contributed by atoms with Gasteiger partial charge in [0.1, 0.15) is 6.04 Å². The predicted octanol–water partition coefficient (Wildman–Crippen LogP) is 4.54. The molecule has 0 aromatic rings. The van der Waals surface area contributed by atoms with Crippen molar-refractivity contribution in [1.82, 2.24) is 0 Å². The van der Waals surface area contributed by atoms with Crippen LogP contribution in [0.15, 0.2) is 12.2 Å². The molecule has 2 N–H and O–H groups in total. The van der Waals surface area contributed by atoms with E-state index < -0.39 is 40.5 Å². The molecule has 0 fully saturated rings. The standard InChI is InChI=1S/C26H47NO6/c1-5-9-10-11-12-13-14-15-16-17-18-19-20-27(21(6-2)24(28)29,22(7-3)25(30)31)23(8-4)26(32)33/h10-11,21-23H,5-9,12-20H2,1-4H3,(H2-,28,29,30,31,32,33)/b11-10+. The summed E-state index contributed by atoms with van der Waals surface area (Å²) < 4.78 is -0.472. The highest BCUT2D eigenvalue weighted by Gasteiger charge is 2.53. The monoisotopic (exact) mass is 469 g/mol. The second-order valence-corrected chi connectivity index (χ2v) is 9.01. The Morgan fingerprint density at radius 3 is 1.52 bits per heavy atom. The summed E-state index contributed by atoms with van der Waals surface area (Å²) in [4.78, 5) is 36.4. The highest BCUT2D eigenvalue weighted by molar-refractivity contribution is 5.77. The van der Waals surface area contributed by atoms with Crippen molar-refractivity contribution >= 4 is 17.9 Å². The quantitative estimate of drug-likeness (QED) is 0.145. The van der Waals surface area contributed by atoms with Crippen LogP contribution in [0.5, 0.6) is 0 Å². The van der Waals surface area contributed by atoms with Crippen LogP contribution in [0, 0.1) is 0 Å². The van der Waals surface area contributed by atoms with Gasteiger partial charge in [0.15, 0.2) is 12.1 Å². The fourth-order valence-corrected chi connectivity index (χ4v) is 5.20. The van der Waals surface area contributed by atoms with Gasteiger partial charge in [-0.05, 0) is 32.1 Å². The molecular formula is C26H47NO6. The molecule has 0 rings (SSSR count). The summed E-state index contributed by atoms with van der Waals surface area (Å²) in [5.74, 6) is -3.67. The zero-order valence-corrected chi connectivity index (χ0v) is 21.3. The molecule has 0 aromatic carbocycles. The second-order valence-electron chi connectivity index (χ2n) is 9.01. The molecule has 0 saturated heterocycles. The minimum atomic E-state index is -1.37. The Kier molecular flexibility index (Phi) is 16.6. The van der Waals surface area contributed by atoms with Crippen LogP contribution in [-0.4, -0.2) is 57.3 Å². The average molecular weight is 470 g/mol. The van der Waals surface area contributed by atoms with Gasteiger partial charge in [0, 0.05) is 19.3 Å². The van der Waals surface area contributed by atoms with E-state index in [4.69, 9.17) is 0 Å². The van der Waals surface area contributed by atoms with Gasteiger partial charge in [-0.15, -0.1) is 0 Å². The van der Waals surface area contributed by atoms with Crippen molar-refractivity contribution in [1.29, 1.82) is 0 Å². The van der Waals surface area contributed by atoms with Crippen molar-refractivity contribution < 1.29 is 34.2 Å². The molecule has 33 heavy (non-hydrogen) atoms. The Labute approximate surface area is 200 Å². The molecule has 192 valence electrons. The van der Waals surface area contributed by atoms with Gasteiger partial charge in [-0.1, -0.05) is 72.0 Å². The summed E-state index contributed by atoms with van der Waals surface area (Å²) in [6.45, 7) is 7.40. The number of hydrogen-bond donors (Lipinski definition) is 2. The normalized spacial score (nSPS) is 16.2. The lowest BCUT2D eigenvalue weighted by molar-refractivity contribution is -0.974. The van der Waals surface area contributed by atoms with Gasteiger partial charge >= 0.3 is 11.9 Å². The minimum Gasteiger partial charge on any atom is -0.544 e. The molecule has 7 heteroatoms. The maximum absolute atomic E-state index is 12.2. The number of nitrogens with zero attached hydrogens (tertiary/aromatic N) is 1. The number of hydrogen-bond acceptors (Lipinski definition) is 4. The van der Waals surface area contributed by atoms with E-state index in [1.165, 1.54) is 19.3 Å². The van der Waals surface area contributed by atoms with Crippen molar-refractivity contribution in [2.75, 3.05) is 6.54 Å². The molecule has 0 aliphatic carbocycles. The van der Waals surface area contributed by atoms with Crippen molar-refractivity contribution in [3.8, 4) is 0 Å². The van der Waals surface area contributed by atoms with Gasteiger partial charge in [0.25, 0.3) is 0 Å². The zero-order chi connectivity index (χ0) is 25.3. The number of rotatable bonds is 21. The number of carboxylic acid groups (broad SMARTS) is 3. The lowest BCUT2D eigenvalue weighted by atomic mass is 9.93. The van der Waals surface area contributed by atoms with Gasteiger partial charge in [0.05, 0.1) is 12.5 Å². The third-order valence-corrected chi connectivity index (χ3v) is 6.78. The summed E-state index contributed by atoms with van der Waals surface area (Å²) in [5.41, 5.74) is 0. The maximum atomic E-state index is 12.2. The first-order chi connectivity index (χ1) is 15.7. The Hall–Kier alpha value is -1.89. The Bertz CT molecular complexity index is 549. The fourth-order valence-electron chi connectivity index (χ4n) is 5.20. The van der Waals surface area contributed by atoms with Crippen LogP contribution < -0.4 is 5.11 Å². The van der Waals surface area contributed by atoms with Crippen LogP contribution >= 0.6 is 0 Å². The molecule has 0 radical (unpaired) electrons. The minimum absolute atomic E-state index is 0.128. The molecule has 0 saturated carbocycles. The zero-order valence-electron chi connectivity index (χ0n) is 21.3. The van der Waals surface area contributed by atoms with E-state index in [2.05, 4.69) is 19.1 Å². The SMILES string of the molecule is CCC/C=C/CCCCCCCCC[N+](C(CC)C(=O)[O-])(C(CC)C(=O)O)C(CC)C(=O)O. The molecule has 7 nitrogen and oxygen atoms in total. The third kappa shape index (κ3) is 9.86. The van der Waals surface area contributed by atoms with E-state index in [1.54, 1.807) is 20.8 Å². The summed E-state index contributed by atoms with van der Waals surface area (Å²) in [6.07, 6.45) is 15.3. The third-order valence-electron chi connectivity index (χ3n) is 6.78. The Morgan fingerprint density at radius 1 is 0.697 bits per heavy atom. The van der Waals surface area contributed by atoms with E-state index >= 15 is 0 Å². The summed E-state index contributed by atoms with van der Waals surface area (Å²) in [7, 11) is 0. The number of aliphatic carboxylic acids is 3. The Balaban J connectivity index is 5.20. The van der Waals surface area contributed by atoms with Crippen molar-refractivity contribution in [2.24, 2.45) is 0 Å². The topological polar surface area (TPSA) is 115 Å². The molecule has 0 aromatic heterocycles. The van der Waals surface area contributed by atoms with E-state index in [-0.39, 0.29) is 25.8 Å². The lowest BCUT2D eigenvalue weighted by Crippen LogP contribution is -2.73. The summed E-state index contributed by atoms with van der Waals surface area (Å²) >= 11 is 0. The van der Waals surface area contributed by atoms with Crippen LogP contribution in [0.4, 0.5) is 0 Å². The second kappa shape index (κ2) is 17.6. The van der Waals surface area contributed by atoms with Crippen LogP contribution in [0.1, 0.15) is 111 Å². The summed E-state index contributed by atoms with van der Waals surface area (Å²) in [6, 6.07) is -3.38. The number of carboxylic acids is 3. The van der Waals surface area contributed by atoms with Crippen LogP contribution in [0.25, 0.3) is 0 Å². The van der Waals surface area contributed by atoms with Gasteiger partial charge in [-0.25, -0.2) is 9.59 Å². The summed E-state index contributed by atoms with van der Waals surface area (Å²) in [5, 5.41) is 31.9. The van der Waals surface area contributed by atoms with Gasteiger partial charge in [-0.3, -0.25) is 4.48 Å². The maximum Gasteiger partial charge on any atom is 0.362 e. The first kappa shape index (κ1) is 31.1. The van der Waals surface area contributed by atoms with Crippen molar-refractivity contribution in [3.63, 3.8) is 0 Å². The van der Waals surface area contributed by atoms with E-state index in [0.717, 1.165) is 38.5 Å². The fraction of sp³-hybridized carbons (Fsp3) is 0.808. The van der Waals surface area contributed by atoms with Gasteiger partial charge < -0.3 is 20.1 Å². The predicted molar refractivity (Wildman–Crippen MR) is 129 cm³/mol. The number of unbranched alkanes of at least 4 members (excludes halogenated alkanes) is 8. The van der Waals surface area contributed by atoms with E-state index in [0.29, 0.717) is 6.42 Å².